The van der Waals surface area contributed by atoms with Crippen LogP contribution in [0.15, 0.2) is 0 Å². The molecule has 1 N–H and O–H groups in total. The maximum Gasteiger partial charge on any atom is 0.471 e. The molecule has 0 saturated carbocycles. The summed E-state index contributed by atoms with van der Waals surface area (Å²) in [5, 5.41) is 9.20. The number of halogens is 3. The van der Waals surface area contributed by atoms with Gasteiger partial charge in [-0.3, -0.25) is 4.79 Å². The Balaban J connectivity index is 2.64. The van der Waals surface area contributed by atoms with E-state index in [4.69, 9.17) is 0 Å². The summed E-state index contributed by atoms with van der Waals surface area (Å²) >= 11 is 0. The summed E-state index contributed by atoms with van der Waals surface area (Å²) in [5.41, 5.74) is 0. The van der Waals surface area contributed by atoms with Crippen LogP contribution in [-0.2, 0) is 4.79 Å². The fourth-order valence-corrected chi connectivity index (χ4v) is 1.66. The molecule has 1 amide bonds. The van der Waals surface area contributed by atoms with Crippen LogP contribution in [0.25, 0.3) is 0 Å². The predicted molar refractivity (Wildman–Crippen MR) is 42.4 cm³/mol. The lowest BCUT2D eigenvalue weighted by atomic mass is 9.98. The Bertz CT molecular complexity index is 219. The molecule has 0 aromatic carbocycles. The zero-order valence-electron chi connectivity index (χ0n) is 7.71. The van der Waals surface area contributed by atoms with E-state index in [0.717, 1.165) is 0 Å². The highest BCUT2D eigenvalue weighted by molar-refractivity contribution is 5.82. The molecule has 0 spiro atoms. The van der Waals surface area contributed by atoms with Gasteiger partial charge in [-0.15, -0.1) is 0 Å². The van der Waals surface area contributed by atoms with E-state index >= 15 is 0 Å². The topological polar surface area (TPSA) is 40.5 Å². The monoisotopic (exact) mass is 211 g/mol. The Hall–Kier alpha value is -0.780. The van der Waals surface area contributed by atoms with Gasteiger partial charge in [0.2, 0.25) is 0 Å². The summed E-state index contributed by atoms with van der Waals surface area (Å²) in [5.74, 6) is -1.95. The normalized spacial score (nSPS) is 29.1. The second kappa shape index (κ2) is 3.76. The van der Waals surface area contributed by atoms with Crippen molar-refractivity contribution in [1.29, 1.82) is 0 Å². The minimum atomic E-state index is -4.84. The van der Waals surface area contributed by atoms with E-state index in [-0.39, 0.29) is 19.0 Å². The average Bonchev–Trinajstić information content (AvgIpc) is 1.99. The summed E-state index contributed by atoms with van der Waals surface area (Å²) in [6, 6.07) is 0. The van der Waals surface area contributed by atoms with E-state index in [2.05, 4.69) is 0 Å². The molecule has 6 heteroatoms. The van der Waals surface area contributed by atoms with Crippen LogP contribution >= 0.6 is 0 Å². The molecule has 0 aromatic rings. The summed E-state index contributed by atoms with van der Waals surface area (Å²) in [7, 11) is 0. The van der Waals surface area contributed by atoms with Crippen molar-refractivity contribution in [2.75, 3.05) is 13.1 Å². The van der Waals surface area contributed by atoms with Crippen LogP contribution in [0.5, 0.6) is 0 Å². The van der Waals surface area contributed by atoms with Crippen LogP contribution in [-0.4, -0.2) is 41.3 Å². The molecule has 1 aliphatic rings. The van der Waals surface area contributed by atoms with Crippen molar-refractivity contribution < 1.29 is 23.1 Å². The zero-order chi connectivity index (χ0) is 10.9. The summed E-state index contributed by atoms with van der Waals surface area (Å²) in [4.78, 5) is 11.5. The number of carbonyl (C=O) groups excluding carboxylic acids is 1. The van der Waals surface area contributed by atoms with Gasteiger partial charge in [0.05, 0.1) is 6.10 Å². The molecule has 0 radical (unpaired) electrons. The van der Waals surface area contributed by atoms with E-state index in [9.17, 15) is 23.1 Å². The molecule has 3 nitrogen and oxygen atoms in total. The highest BCUT2D eigenvalue weighted by Gasteiger charge is 2.44. The molecule has 14 heavy (non-hydrogen) atoms. The van der Waals surface area contributed by atoms with Crippen molar-refractivity contribution in [2.45, 2.75) is 25.6 Å². The SMILES string of the molecule is C[C@@H]1C[C@H](O)CN(C(=O)C(F)(F)F)C1. The first-order valence-corrected chi connectivity index (χ1v) is 4.35. The number of hydrogen-bond donors (Lipinski definition) is 1. The highest BCUT2D eigenvalue weighted by atomic mass is 19.4. The van der Waals surface area contributed by atoms with Crippen molar-refractivity contribution >= 4 is 5.91 Å². The lowest BCUT2D eigenvalue weighted by Gasteiger charge is -2.34. The second-order valence-corrected chi connectivity index (χ2v) is 3.70. The van der Waals surface area contributed by atoms with E-state index in [1.807, 2.05) is 0 Å². The van der Waals surface area contributed by atoms with Crippen molar-refractivity contribution in [2.24, 2.45) is 5.92 Å². The van der Waals surface area contributed by atoms with Crippen LogP contribution in [0.2, 0.25) is 0 Å². The fraction of sp³-hybridized carbons (Fsp3) is 0.875. The van der Waals surface area contributed by atoms with Crippen LogP contribution in [0.3, 0.4) is 0 Å². The number of aliphatic hydroxyl groups is 1. The van der Waals surface area contributed by atoms with E-state index in [1.165, 1.54) is 0 Å². The first-order chi connectivity index (χ1) is 6.30. The molecule has 82 valence electrons. The third-order valence-electron chi connectivity index (χ3n) is 2.17. The van der Waals surface area contributed by atoms with E-state index < -0.39 is 18.2 Å². The number of alkyl halides is 3. The Morgan fingerprint density at radius 1 is 1.43 bits per heavy atom. The summed E-state index contributed by atoms with van der Waals surface area (Å²) in [6.07, 6.45) is -5.23. The average molecular weight is 211 g/mol. The Morgan fingerprint density at radius 3 is 2.43 bits per heavy atom. The number of β-amino-alcohol motifs (C(OH)–C–C–N with tert-alkyl or cyclic N) is 1. The molecule has 1 fully saturated rings. The lowest BCUT2D eigenvalue weighted by molar-refractivity contribution is -0.189. The van der Waals surface area contributed by atoms with Crippen molar-refractivity contribution in [3.63, 3.8) is 0 Å². The number of hydrogen-bond acceptors (Lipinski definition) is 2. The number of amides is 1. The smallest absolute Gasteiger partial charge is 0.391 e. The molecule has 0 unspecified atom stereocenters. The van der Waals surface area contributed by atoms with Gasteiger partial charge in [0.1, 0.15) is 0 Å². The molecule has 1 heterocycles. The number of nitrogens with zero attached hydrogens (tertiary/aromatic N) is 1. The van der Waals surface area contributed by atoms with E-state index in [0.29, 0.717) is 11.3 Å². The van der Waals surface area contributed by atoms with Crippen LogP contribution in [0, 0.1) is 5.92 Å². The van der Waals surface area contributed by atoms with Gasteiger partial charge in [0, 0.05) is 13.1 Å². The zero-order valence-corrected chi connectivity index (χ0v) is 7.71. The van der Waals surface area contributed by atoms with Gasteiger partial charge in [-0.1, -0.05) is 6.92 Å². The molecule has 0 bridgehead atoms. The van der Waals surface area contributed by atoms with Gasteiger partial charge in [-0.2, -0.15) is 13.2 Å². The molecule has 1 aliphatic heterocycles. The van der Waals surface area contributed by atoms with Gasteiger partial charge in [0.25, 0.3) is 0 Å². The van der Waals surface area contributed by atoms with Gasteiger partial charge in [-0.05, 0) is 12.3 Å². The molecule has 1 rings (SSSR count). The third-order valence-corrected chi connectivity index (χ3v) is 2.17. The third kappa shape index (κ3) is 2.60. The predicted octanol–water partition coefficient (Wildman–Crippen LogP) is 0.778. The standard InChI is InChI=1S/C8H12F3NO2/c1-5-2-6(13)4-12(3-5)7(14)8(9,10)11/h5-6,13H,2-4H2,1H3/t5-,6+/m1/s1. The Kier molecular flexibility index (Phi) is 3.04. The van der Waals surface area contributed by atoms with E-state index in [1.54, 1.807) is 6.92 Å². The lowest BCUT2D eigenvalue weighted by Crippen LogP contribution is -2.50. The largest absolute Gasteiger partial charge is 0.471 e. The molecular weight excluding hydrogens is 199 g/mol. The maximum absolute atomic E-state index is 12.0. The minimum Gasteiger partial charge on any atom is -0.391 e. The molecule has 2 atom stereocenters. The summed E-state index contributed by atoms with van der Waals surface area (Å²) in [6.45, 7) is 1.55. The highest BCUT2D eigenvalue weighted by Crippen LogP contribution is 2.23. The van der Waals surface area contributed by atoms with Crippen LogP contribution in [0.4, 0.5) is 13.2 Å². The number of rotatable bonds is 0. The number of carbonyl (C=O) groups is 1. The van der Waals surface area contributed by atoms with Crippen molar-refractivity contribution in [3.05, 3.63) is 0 Å². The fourth-order valence-electron chi connectivity index (χ4n) is 1.66. The van der Waals surface area contributed by atoms with Crippen LogP contribution in [0.1, 0.15) is 13.3 Å². The number of aliphatic hydroxyl groups excluding tert-OH is 1. The molecule has 1 saturated heterocycles. The second-order valence-electron chi connectivity index (χ2n) is 3.70. The maximum atomic E-state index is 12.0. The number of likely N-dealkylation sites (tertiary alicyclic amines) is 1. The van der Waals surface area contributed by atoms with Crippen LogP contribution < -0.4 is 0 Å². The quantitative estimate of drug-likeness (QED) is 0.643. The molecule has 0 aromatic heterocycles. The minimum absolute atomic E-state index is 0.0649. The first-order valence-electron chi connectivity index (χ1n) is 4.35. The molecular formula is C8H12F3NO2. The Labute approximate surface area is 79.5 Å². The number of piperidine rings is 1. The van der Waals surface area contributed by atoms with Crippen molar-refractivity contribution in [1.82, 2.24) is 4.90 Å². The van der Waals surface area contributed by atoms with Gasteiger partial charge >= 0.3 is 12.1 Å². The van der Waals surface area contributed by atoms with Gasteiger partial charge in [0.15, 0.2) is 0 Å². The van der Waals surface area contributed by atoms with Gasteiger partial charge in [-0.25, -0.2) is 0 Å². The van der Waals surface area contributed by atoms with Crippen molar-refractivity contribution in [3.8, 4) is 0 Å². The Morgan fingerprint density at radius 2 is 2.00 bits per heavy atom. The molecule has 0 aliphatic carbocycles. The summed E-state index contributed by atoms with van der Waals surface area (Å²) < 4.78 is 36.0. The first kappa shape index (κ1) is 11.3. The van der Waals surface area contributed by atoms with Gasteiger partial charge < -0.3 is 10.0 Å².